The van der Waals surface area contributed by atoms with Gasteiger partial charge in [0.25, 0.3) is 0 Å². The summed E-state index contributed by atoms with van der Waals surface area (Å²) in [5, 5.41) is 18.6. The molecule has 0 saturated heterocycles. The van der Waals surface area contributed by atoms with Crippen LogP contribution in [0.3, 0.4) is 0 Å². The lowest BCUT2D eigenvalue weighted by Gasteiger charge is -2.29. The van der Waals surface area contributed by atoms with Crippen LogP contribution in [0.25, 0.3) is 17.2 Å². The van der Waals surface area contributed by atoms with Gasteiger partial charge in [-0.15, -0.1) is 12.4 Å². The van der Waals surface area contributed by atoms with E-state index >= 15 is 0 Å². The second-order valence-electron chi connectivity index (χ2n) is 8.40. The molecule has 0 saturated carbocycles. The van der Waals surface area contributed by atoms with Crippen molar-refractivity contribution in [3.05, 3.63) is 95.8 Å². The standard InChI is InChI=1S/C27H31FN2O2.ClH/c1-20(2)30(26-13-11-25(28)12-14-26)17-22-5-9-24(10-6-22)23-7-3-21(4-8-23)15-16-27(29,18-31)19-32;/h3-16,20,31-32H,17-19,29H2,1-2H3;1H. The lowest BCUT2D eigenvalue weighted by molar-refractivity contribution is 0.152. The van der Waals surface area contributed by atoms with E-state index in [1.807, 2.05) is 36.4 Å². The Morgan fingerprint density at radius 1 is 0.879 bits per heavy atom. The number of anilines is 1. The van der Waals surface area contributed by atoms with Crippen molar-refractivity contribution >= 4 is 24.2 Å². The molecule has 0 fully saturated rings. The summed E-state index contributed by atoms with van der Waals surface area (Å²) in [6.07, 6.45) is 3.42. The van der Waals surface area contributed by atoms with Gasteiger partial charge < -0.3 is 20.8 Å². The zero-order chi connectivity index (χ0) is 23.1. The summed E-state index contributed by atoms with van der Waals surface area (Å²) in [7, 11) is 0. The monoisotopic (exact) mass is 470 g/mol. The fourth-order valence-electron chi connectivity index (χ4n) is 3.41. The van der Waals surface area contributed by atoms with Crippen molar-refractivity contribution in [1.29, 1.82) is 0 Å². The van der Waals surface area contributed by atoms with Crippen LogP contribution < -0.4 is 10.6 Å². The smallest absolute Gasteiger partial charge is 0.123 e. The predicted molar refractivity (Wildman–Crippen MR) is 137 cm³/mol. The van der Waals surface area contributed by atoms with E-state index in [-0.39, 0.29) is 37.5 Å². The van der Waals surface area contributed by atoms with Crippen molar-refractivity contribution in [2.75, 3.05) is 18.1 Å². The van der Waals surface area contributed by atoms with Crippen molar-refractivity contribution in [1.82, 2.24) is 0 Å². The van der Waals surface area contributed by atoms with Gasteiger partial charge in [0.1, 0.15) is 5.82 Å². The highest BCUT2D eigenvalue weighted by atomic mass is 35.5. The van der Waals surface area contributed by atoms with Gasteiger partial charge >= 0.3 is 0 Å². The SMILES string of the molecule is CC(C)N(Cc1ccc(-c2ccc(C=CC(N)(CO)CO)cc2)cc1)c1ccc(F)cc1.Cl. The molecule has 0 atom stereocenters. The molecule has 0 aliphatic heterocycles. The second-order valence-corrected chi connectivity index (χ2v) is 8.40. The van der Waals surface area contributed by atoms with Crippen molar-refractivity contribution in [3.8, 4) is 11.1 Å². The number of rotatable bonds is 9. The first-order valence-corrected chi connectivity index (χ1v) is 10.7. The van der Waals surface area contributed by atoms with Crippen molar-refractivity contribution < 1.29 is 14.6 Å². The Morgan fingerprint density at radius 3 is 1.88 bits per heavy atom. The number of aliphatic hydroxyl groups is 2. The molecule has 0 heterocycles. The third-order valence-corrected chi connectivity index (χ3v) is 5.53. The summed E-state index contributed by atoms with van der Waals surface area (Å²) in [6.45, 7) is 4.36. The van der Waals surface area contributed by atoms with E-state index in [0.717, 1.165) is 28.9 Å². The van der Waals surface area contributed by atoms with Gasteiger partial charge in [-0.3, -0.25) is 0 Å². The summed E-state index contributed by atoms with van der Waals surface area (Å²) in [4.78, 5) is 2.24. The Balaban J connectivity index is 0.00000385. The minimum atomic E-state index is -1.12. The molecular formula is C27H32ClFN2O2. The van der Waals surface area contributed by atoms with Gasteiger partial charge in [0.15, 0.2) is 0 Å². The van der Waals surface area contributed by atoms with Gasteiger partial charge in [-0.1, -0.05) is 60.7 Å². The number of hydrogen-bond donors (Lipinski definition) is 3. The van der Waals surface area contributed by atoms with E-state index in [1.165, 1.54) is 17.7 Å². The van der Waals surface area contributed by atoms with Crippen molar-refractivity contribution in [2.24, 2.45) is 5.73 Å². The lowest BCUT2D eigenvalue weighted by Crippen LogP contribution is -2.45. The van der Waals surface area contributed by atoms with E-state index in [0.29, 0.717) is 0 Å². The maximum Gasteiger partial charge on any atom is 0.123 e. The number of nitrogens with zero attached hydrogens (tertiary/aromatic N) is 1. The van der Waals surface area contributed by atoms with Crippen LogP contribution in [-0.2, 0) is 6.54 Å². The topological polar surface area (TPSA) is 69.7 Å². The highest BCUT2D eigenvalue weighted by Gasteiger charge is 2.18. The molecule has 0 aromatic heterocycles. The zero-order valence-corrected chi connectivity index (χ0v) is 19.8. The molecule has 0 bridgehead atoms. The molecule has 0 aliphatic rings. The van der Waals surface area contributed by atoms with Gasteiger partial charge in [-0.25, -0.2) is 4.39 Å². The highest BCUT2D eigenvalue weighted by molar-refractivity contribution is 5.85. The molecule has 6 heteroatoms. The van der Waals surface area contributed by atoms with Gasteiger partial charge in [0, 0.05) is 18.3 Å². The minimum absolute atomic E-state index is 0. The Hall–Kier alpha value is -2.70. The number of benzene rings is 3. The first-order valence-electron chi connectivity index (χ1n) is 10.7. The van der Waals surface area contributed by atoms with E-state index in [2.05, 4.69) is 43.0 Å². The third-order valence-electron chi connectivity index (χ3n) is 5.53. The number of halogens is 2. The average Bonchev–Trinajstić information content (AvgIpc) is 2.82. The number of hydrogen-bond acceptors (Lipinski definition) is 4. The molecule has 33 heavy (non-hydrogen) atoms. The highest BCUT2D eigenvalue weighted by Crippen LogP contribution is 2.24. The average molecular weight is 471 g/mol. The minimum Gasteiger partial charge on any atom is -0.394 e. The lowest BCUT2D eigenvalue weighted by atomic mass is 9.99. The first kappa shape index (κ1) is 26.6. The molecule has 3 aromatic carbocycles. The molecule has 4 nitrogen and oxygen atoms in total. The van der Waals surface area contributed by atoms with Crippen LogP contribution in [-0.4, -0.2) is 35.0 Å². The summed E-state index contributed by atoms with van der Waals surface area (Å²) in [5.41, 5.74) is 10.1. The van der Waals surface area contributed by atoms with Crippen LogP contribution in [0.2, 0.25) is 0 Å². The molecule has 0 amide bonds. The maximum atomic E-state index is 13.3. The quantitative estimate of drug-likeness (QED) is 0.410. The Labute approximate surface area is 201 Å². The number of aliphatic hydroxyl groups excluding tert-OH is 2. The summed E-state index contributed by atoms with van der Waals surface area (Å²) in [5.74, 6) is -0.229. The molecule has 176 valence electrons. The van der Waals surface area contributed by atoms with Crippen LogP contribution >= 0.6 is 12.4 Å². The van der Waals surface area contributed by atoms with Crippen LogP contribution in [0.1, 0.15) is 25.0 Å². The Morgan fingerprint density at radius 2 is 1.39 bits per heavy atom. The normalized spacial score (nSPS) is 11.6. The summed E-state index contributed by atoms with van der Waals surface area (Å²) >= 11 is 0. The second kappa shape index (κ2) is 12.0. The third kappa shape index (κ3) is 7.14. The molecule has 3 rings (SSSR count). The van der Waals surface area contributed by atoms with Crippen molar-refractivity contribution in [2.45, 2.75) is 32.0 Å². The molecule has 0 aliphatic carbocycles. The summed E-state index contributed by atoms with van der Waals surface area (Å²) < 4.78 is 13.3. The molecule has 0 radical (unpaired) electrons. The van der Waals surface area contributed by atoms with E-state index in [4.69, 9.17) is 5.73 Å². The molecule has 4 N–H and O–H groups in total. The van der Waals surface area contributed by atoms with Crippen molar-refractivity contribution in [3.63, 3.8) is 0 Å². The van der Waals surface area contributed by atoms with Crippen LogP contribution in [0.15, 0.2) is 78.9 Å². The Kier molecular flexibility index (Phi) is 9.62. The van der Waals surface area contributed by atoms with Crippen LogP contribution in [0.5, 0.6) is 0 Å². The fourth-order valence-corrected chi connectivity index (χ4v) is 3.41. The maximum absolute atomic E-state index is 13.3. The first-order chi connectivity index (χ1) is 15.3. The van der Waals surface area contributed by atoms with Gasteiger partial charge in [0.05, 0.1) is 18.8 Å². The van der Waals surface area contributed by atoms with Gasteiger partial charge in [-0.2, -0.15) is 0 Å². The molecular weight excluding hydrogens is 439 g/mol. The zero-order valence-electron chi connectivity index (χ0n) is 19.0. The van der Waals surface area contributed by atoms with Gasteiger partial charge in [0.2, 0.25) is 0 Å². The van der Waals surface area contributed by atoms with Gasteiger partial charge in [-0.05, 0) is 60.4 Å². The molecule has 0 unspecified atom stereocenters. The number of nitrogens with two attached hydrogens (primary N) is 1. The molecule has 0 spiro atoms. The largest absolute Gasteiger partial charge is 0.394 e. The fraction of sp³-hybridized carbons (Fsp3) is 0.259. The van der Waals surface area contributed by atoms with Crippen LogP contribution in [0, 0.1) is 5.82 Å². The van der Waals surface area contributed by atoms with Crippen LogP contribution in [0.4, 0.5) is 10.1 Å². The predicted octanol–water partition coefficient (Wildman–Crippen LogP) is 5.02. The Bertz CT molecular complexity index is 1020. The van der Waals surface area contributed by atoms with E-state index < -0.39 is 5.54 Å². The van der Waals surface area contributed by atoms with E-state index in [9.17, 15) is 14.6 Å². The summed E-state index contributed by atoms with van der Waals surface area (Å²) in [6, 6.07) is 23.4. The van der Waals surface area contributed by atoms with E-state index in [1.54, 1.807) is 12.2 Å². The molecule has 3 aromatic rings.